The number of hydrogen-bond acceptors (Lipinski definition) is 3. The number of nitrogens with one attached hydrogen (secondary N) is 2. The fraction of sp³-hybridized carbons (Fsp3) is 0.526. The standard InChI is InChI=1S/C19H25N3O3/c1-11(2)16-18(24)20-7-8-22(16)19(25)13-5-4-6-14(10-13)21-17(23)15-9-12(15)3/h4-6,10-12,15-16H,7-9H2,1-3H3,(H,20,24)(H,21,23)/t12-,15-,16+/m1/s1. The number of anilines is 1. The lowest BCUT2D eigenvalue weighted by Crippen LogP contribution is -2.59. The van der Waals surface area contributed by atoms with Gasteiger partial charge in [-0.05, 0) is 36.5 Å². The van der Waals surface area contributed by atoms with Gasteiger partial charge in [-0.3, -0.25) is 14.4 Å². The highest BCUT2D eigenvalue weighted by Gasteiger charge is 2.39. The molecule has 1 saturated carbocycles. The van der Waals surface area contributed by atoms with Crippen molar-refractivity contribution in [2.75, 3.05) is 18.4 Å². The Bertz CT molecular complexity index is 701. The largest absolute Gasteiger partial charge is 0.353 e. The van der Waals surface area contributed by atoms with E-state index >= 15 is 0 Å². The Morgan fingerprint density at radius 2 is 2.04 bits per heavy atom. The molecule has 0 spiro atoms. The molecule has 134 valence electrons. The van der Waals surface area contributed by atoms with E-state index < -0.39 is 6.04 Å². The first-order valence-electron chi connectivity index (χ1n) is 8.88. The van der Waals surface area contributed by atoms with E-state index in [0.29, 0.717) is 30.3 Å². The van der Waals surface area contributed by atoms with Gasteiger partial charge in [0.1, 0.15) is 6.04 Å². The zero-order valence-corrected chi connectivity index (χ0v) is 14.9. The van der Waals surface area contributed by atoms with Gasteiger partial charge in [-0.25, -0.2) is 0 Å². The minimum atomic E-state index is -0.466. The molecule has 1 aliphatic heterocycles. The summed E-state index contributed by atoms with van der Waals surface area (Å²) in [6, 6.07) is 6.49. The van der Waals surface area contributed by atoms with Gasteiger partial charge in [-0.15, -0.1) is 0 Å². The number of nitrogens with zero attached hydrogens (tertiary/aromatic N) is 1. The summed E-state index contributed by atoms with van der Waals surface area (Å²) in [5.41, 5.74) is 1.11. The number of amides is 3. The summed E-state index contributed by atoms with van der Waals surface area (Å²) in [7, 11) is 0. The zero-order chi connectivity index (χ0) is 18.1. The predicted molar refractivity (Wildman–Crippen MR) is 95.0 cm³/mol. The van der Waals surface area contributed by atoms with Gasteiger partial charge in [-0.2, -0.15) is 0 Å². The number of carbonyl (C=O) groups excluding carboxylic acids is 3. The fourth-order valence-electron chi connectivity index (χ4n) is 3.39. The zero-order valence-electron chi connectivity index (χ0n) is 14.9. The molecule has 1 aromatic rings. The number of rotatable bonds is 4. The number of hydrogen-bond donors (Lipinski definition) is 2. The van der Waals surface area contributed by atoms with E-state index in [0.717, 1.165) is 6.42 Å². The molecule has 1 aromatic carbocycles. The van der Waals surface area contributed by atoms with Crippen LogP contribution in [0.5, 0.6) is 0 Å². The minimum absolute atomic E-state index is 0.00880. The summed E-state index contributed by atoms with van der Waals surface area (Å²) in [5.74, 6) is 0.267. The van der Waals surface area contributed by atoms with Crippen LogP contribution in [0.3, 0.4) is 0 Å². The molecule has 0 aromatic heterocycles. The Morgan fingerprint density at radius 3 is 2.68 bits per heavy atom. The van der Waals surface area contributed by atoms with Crippen molar-refractivity contribution in [3.05, 3.63) is 29.8 Å². The van der Waals surface area contributed by atoms with E-state index in [2.05, 4.69) is 17.6 Å². The van der Waals surface area contributed by atoms with Gasteiger partial charge in [0.15, 0.2) is 0 Å². The molecule has 1 heterocycles. The van der Waals surface area contributed by atoms with Crippen molar-refractivity contribution in [3.8, 4) is 0 Å². The molecule has 3 atom stereocenters. The van der Waals surface area contributed by atoms with Gasteiger partial charge in [0.2, 0.25) is 11.8 Å². The Balaban J connectivity index is 1.76. The molecule has 2 aliphatic rings. The summed E-state index contributed by atoms with van der Waals surface area (Å²) in [4.78, 5) is 38.8. The maximum Gasteiger partial charge on any atom is 0.254 e. The first kappa shape index (κ1) is 17.5. The van der Waals surface area contributed by atoms with Crippen molar-refractivity contribution in [1.29, 1.82) is 0 Å². The van der Waals surface area contributed by atoms with Gasteiger partial charge >= 0.3 is 0 Å². The van der Waals surface area contributed by atoms with Crippen LogP contribution in [0.4, 0.5) is 5.69 Å². The van der Waals surface area contributed by atoms with Crippen LogP contribution in [-0.4, -0.2) is 41.8 Å². The van der Waals surface area contributed by atoms with Crippen LogP contribution in [-0.2, 0) is 9.59 Å². The summed E-state index contributed by atoms with van der Waals surface area (Å²) in [5, 5.41) is 5.71. The SMILES string of the molecule is CC(C)[C@H]1C(=O)NCCN1C(=O)c1cccc(NC(=O)[C@@H]2C[C@H]2C)c1. The normalized spacial score (nSPS) is 25.5. The van der Waals surface area contributed by atoms with E-state index in [-0.39, 0.29) is 29.6 Å². The molecule has 0 unspecified atom stereocenters. The Kier molecular flexibility index (Phi) is 4.79. The quantitative estimate of drug-likeness (QED) is 0.876. The van der Waals surface area contributed by atoms with Crippen LogP contribution >= 0.6 is 0 Å². The molecule has 6 nitrogen and oxygen atoms in total. The lowest BCUT2D eigenvalue weighted by Gasteiger charge is -2.37. The molecule has 1 aliphatic carbocycles. The maximum atomic E-state index is 12.9. The first-order chi connectivity index (χ1) is 11.9. The third-order valence-corrected chi connectivity index (χ3v) is 4.97. The van der Waals surface area contributed by atoms with Crippen LogP contribution in [0, 0.1) is 17.8 Å². The molecule has 3 amide bonds. The van der Waals surface area contributed by atoms with Gasteiger partial charge in [-0.1, -0.05) is 26.8 Å². The molecule has 2 fully saturated rings. The van der Waals surface area contributed by atoms with Crippen molar-refractivity contribution < 1.29 is 14.4 Å². The van der Waals surface area contributed by atoms with Gasteiger partial charge < -0.3 is 15.5 Å². The average molecular weight is 343 g/mol. The predicted octanol–water partition coefficient (Wildman–Crippen LogP) is 1.88. The lowest BCUT2D eigenvalue weighted by atomic mass is 9.98. The second-order valence-corrected chi connectivity index (χ2v) is 7.37. The van der Waals surface area contributed by atoms with Crippen molar-refractivity contribution in [2.24, 2.45) is 17.8 Å². The smallest absolute Gasteiger partial charge is 0.254 e. The minimum Gasteiger partial charge on any atom is -0.353 e. The van der Waals surface area contributed by atoms with E-state index in [1.165, 1.54) is 0 Å². The highest BCUT2D eigenvalue weighted by atomic mass is 16.2. The van der Waals surface area contributed by atoms with E-state index in [1.807, 2.05) is 13.8 Å². The molecule has 3 rings (SSSR count). The molecular formula is C19H25N3O3. The Morgan fingerprint density at radius 1 is 1.32 bits per heavy atom. The second kappa shape index (κ2) is 6.86. The molecule has 25 heavy (non-hydrogen) atoms. The van der Waals surface area contributed by atoms with Crippen LogP contribution < -0.4 is 10.6 Å². The monoisotopic (exact) mass is 343 g/mol. The van der Waals surface area contributed by atoms with Crippen molar-refractivity contribution >= 4 is 23.4 Å². The number of piperazine rings is 1. The summed E-state index contributed by atoms with van der Waals surface area (Å²) >= 11 is 0. The summed E-state index contributed by atoms with van der Waals surface area (Å²) in [6.07, 6.45) is 0.920. The highest BCUT2D eigenvalue weighted by Crippen LogP contribution is 2.38. The third kappa shape index (κ3) is 3.67. The second-order valence-electron chi connectivity index (χ2n) is 7.37. The molecular weight excluding hydrogens is 318 g/mol. The van der Waals surface area contributed by atoms with Gasteiger partial charge in [0, 0.05) is 30.3 Å². The third-order valence-electron chi connectivity index (χ3n) is 4.97. The Hall–Kier alpha value is -2.37. The van der Waals surface area contributed by atoms with Crippen molar-refractivity contribution in [2.45, 2.75) is 33.2 Å². The topological polar surface area (TPSA) is 78.5 Å². The van der Waals surface area contributed by atoms with Crippen LogP contribution in [0.15, 0.2) is 24.3 Å². The van der Waals surface area contributed by atoms with Gasteiger partial charge in [0.05, 0.1) is 0 Å². The molecule has 0 bridgehead atoms. The summed E-state index contributed by atoms with van der Waals surface area (Å²) in [6.45, 7) is 6.87. The van der Waals surface area contributed by atoms with Crippen LogP contribution in [0.2, 0.25) is 0 Å². The van der Waals surface area contributed by atoms with Crippen LogP contribution in [0.25, 0.3) is 0 Å². The first-order valence-corrected chi connectivity index (χ1v) is 8.88. The van der Waals surface area contributed by atoms with E-state index in [4.69, 9.17) is 0 Å². The molecule has 0 radical (unpaired) electrons. The number of carbonyl (C=O) groups is 3. The molecule has 1 saturated heterocycles. The van der Waals surface area contributed by atoms with Gasteiger partial charge in [0.25, 0.3) is 5.91 Å². The summed E-state index contributed by atoms with van der Waals surface area (Å²) < 4.78 is 0. The Labute approximate surface area is 148 Å². The number of benzene rings is 1. The molecule has 2 N–H and O–H groups in total. The highest BCUT2D eigenvalue weighted by molar-refractivity contribution is 6.00. The lowest BCUT2D eigenvalue weighted by molar-refractivity contribution is -0.129. The maximum absolute atomic E-state index is 12.9. The van der Waals surface area contributed by atoms with Crippen LogP contribution in [0.1, 0.15) is 37.6 Å². The van der Waals surface area contributed by atoms with E-state index in [9.17, 15) is 14.4 Å². The average Bonchev–Trinajstić information content (AvgIpc) is 3.31. The van der Waals surface area contributed by atoms with Crippen molar-refractivity contribution in [1.82, 2.24) is 10.2 Å². The molecule has 6 heteroatoms. The van der Waals surface area contributed by atoms with E-state index in [1.54, 1.807) is 29.2 Å². The fourth-order valence-corrected chi connectivity index (χ4v) is 3.39. The van der Waals surface area contributed by atoms with Crippen molar-refractivity contribution in [3.63, 3.8) is 0 Å².